The molecule has 1 saturated heterocycles. The smallest absolute Gasteiger partial charge is 0.151 e. The monoisotopic (exact) mass is 313 g/mol. The van der Waals surface area contributed by atoms with Crippen LogP contribution in [0.2, 0.25) is 0 Å². The zero-order valence-electron chi connectivity index (χ0n) is 14.0. The van der Waals surface area contributed by atoms with Gasteiger partial charge in [0.05, 0.1) is 42.7 Å². The van der Waals surface area contributed by atoms with E-state index in [4.69, 9.17) is 9.72 Å². The van der Waals surface area contributed by atoms with Gasteiger partial charge in [0.25, 0.3) is 0 Å². The molecule has 0 aromatic carbocycles. The lowest BCUT2D eigenvalue weighted by molar-refractivity contribution is 0.122. The van der Waals surface area contributed by atoms with Crippen molar-refractivity contribution in [1.29, 1.82) is 0 Å². The van der Waals surface area contributed by atoms with Crippen molar-refractivity contribution in [3.63, 3.8) is 0 Å². The SMILES string of the molecule is CCc1ncc(-c2cc(NC)cnc2C)nc1N1CCOCC1. The van der Waals surface area contributed by atoms with Crippen molar-refractivity contribution in [2.45, 2.75) is 20.3 Å². The highest BCUT2D eigenvalue weighted by Gasteiger charge is 2.18. The molecule has 1 aliphatic rings. The third-order valence-electron chi connectivity index (χ3n) is 4.12. The lowest BCUT2D eigenvalue weighted by atomic mass is 10.1. The summed E-state index contributed by atoms with van der Waals surface area (Å²) in [5.41, 5.74) is 4.84. The van der Waals surface area contributed by atoms with Gasteiger partial charge >= 0.3 is 0 Å². The molecule has 1 N–H and O–H groups in total. The zero-order valence-corrected chi connectivity index (χ0v) is 14.0. The van der Waals surface area contributed by atoms with Crippen molar-refractivity contribution >= 4 is 11.5 Å². The first kappa shape index (κ1) is 15.7. The fraction of sp³-hybridized carbons (Fsp3) is 0.471. The van der Waals surface area contributed by atoms with Crippen LogP contribution in [0, 0.1) is 6.92 Å². The normalized spacial score (nSPS) is 14.8. The van der Waals surface area contributed by atoms with Gasteiger partial charge in [-0.15, -0.1) is 0 Å². The maximum absolute atomic E-state index is 5.45. The lowest BCUT2D eigenvalue weighted by Gasteiger charge is -2.29. The van der Waals surface area contributed by atoms with Crippen molar-refractivity contribution < 1.29 is 4.74 Å². The molecule has 1 fully saturated rings. The summed E-state index contributed by atoms with van der Waals surface area (Å²) in [6.07, 6.45) is 4.55. The average Bonchev–Trinajstić information content (AvgIpc) is 2.62. The summed E-state index contributed by atoms with van der Waals surface area (Å²) in [5.74, 6) is 0.975. The van der Waals surface area contributed by atoms with E-state index in [1.165, 1.54) is 0 Å². The topological polar surface area (TPSA) is 63.2 Å². The van der Waals surface area contributed by atoms with E-state index in [2.05, 4.69) is 33.2 Å². The summed E-state index contributed by atoms with van der Waals surface area (Å²) in [5, 5.41) is 3.13. The molecular weight excluding hydrogens is 290 g/mol. The van der Waals surface area contributed by atoms with Gasteiger partial charge in [-0.25, -0.2) is 4.98 Å². The summed E-state index contributed by atoms with van der Waals surface area (Å²) in [7, 11) is 1.89. The van der Waals surface area contributed by atoms with Crippen molar-refractivity contribution in [1.82, 2.24) is 15.0 Å². The molecule has 0 radical (unpaired) electrons. The Morgan fingerprint density at radius 2 is 2.00 bits per heavy atom. The second kappa shape index (κ2) is 6.91. The van der Waals surface area contributed by atoms with Gasteiger partial charge in [-0.2, -0.15) is 0 Å². The van der Waals surface area contributed by atoms with Crippen LogP contribution in [-0.2, 0) is 11.2 Å². The van der Waals surface area contributed by atoms with E-state index >= 15 is 0 Å². The maximum atomic E-state index is 5.45. The molecule has 2 aromatic heterocycles. The van der Waals surface area contributed by atoms with E-state index in [1.54, 1.807) is 0 Å². The highest BCUT2D eigenvalue weighted by molar-refractivity contribution is 5.67. The second-order valence-corrected chi connectivity index (χ2v) is 5.59. The van der Waals surface area contributed by atoms with E-state index in [-0.39, 0.29) is 0 Å². The highest BCUT2D eigenvalue weighted by Crippen LogP contribution is 2.26. The van der Waals surface area contributed by atoms with Crippen LogP contribution in [0.5, 0.6) is 0 Å². The number of ether oxygens (including phenoxy) is 1. The number of anilines is 2. The molecule has 0 unspecified atom stereocenters. The predicted octanol–water partition coefficient (Wildman–Crippen LogP) is 2.29. The molecule has 0 aliphatic carbocycles. The van der Waals surface area contributed by atoms with E-state index in [1.807, 2.05) is 26.4 Å². The number of aryl methyl sites for hydroxylation is 2. The largest absolute Gasteiger partial charge is 0.387 e. The Balaban J connectivity index is 2.03. The number of nitrogens with one attached hydrogen (secondary N) is 1. The van der Waals surface area contributed by atoms with Crippen LogP contribution in [-0.4, -0.2) is 48.3 Å². The quantitative estimate of drug-likeness (QED) is 0.934. The first-order valence-corrected chi connectivity index (χ1v) is 8.06. The average molecular weight is 313 g/mol. The number of hydrogen-bond donors (Lipinski definition) is 1. The number of nitrogens with zero attached hydrogens (tertiary/aromatic N) is 4. The first-order chi connectivity index (χ1) is 11.2. The van der Waals surface area contributed by atoms with Gasteiger partial charge in [0, 0.05) is 31.4 Å². The molecule has 122 valence electrons. The standard InChI is InChI=1S/C17H23N5O/c1-4-15-17(22-5-7-23-8-6-22)21-16(11-20-15)14-9-13(18-3)10-19-12(14)2/h9-11,18H,4-8H2,1-3H3. The van der Waals surface area contributed by atoms with E-state index < -0.39 is 0 Å². The third-order valence-corrected chi connectivity index (χ3v) is 4.12. The minimum absolute atomic E-state index is 0.741. The minimum Gasteiger partial charge on any atom is -0.387 e. The van der Waals surface area contributed by atoms with Gasteiger partial charge < -0.3 is 15.0 Å². The summed E-state index contributed by atoms with van der Waals surface area (Å²) >= 11 is 0. The number of morpholine rings is 1. The van der Waals surface area contributed by atoms with Crippen LogP contribution in [0.15, 0.2) is 18.5 Å². The van der Waals surface area contributed by atoms with Crippen LogP contribution in [0.4, 0.5) is 11.5 Å². The van der Waals surface area contributed by atoms with Crippen LogP contribution >= 0.6 is 0 Å². The maximum Gasteiger partial charge on any atom is 0.151 e. The van der Waals surface area contributed by atoms with Crippen LogP contribution in [0.1, 0.15) is 18.3 Å². The van der Waals surface area contributed by atoms with Gasteiger partial charge in [0.2, 0.25) is 0 Å². The van der Waals surface area contributed by atoms with Gasteiger partial charge in [-0.3, -0.25) is 9.97 Å². The molecule has 1 aliphatic heterocycles. The molecule has 2 aromatic rings. The Morgan fingerprint density at radius 1 is 1.22 bits per heavy atom. The van der Waals surface area contributed by atoms with E-state index in [9.17, 15) is 0 Å². The Morgan fingerprint density at radius 3 is 2.70 bits per heavy atom. The predicted molar refractivity (Wildman–Crippen MR) is 92.0 cm³/mol. The molecule has 0 spiro atoms. The van der Waals surface area contributed by atoms with E-state index in [0.29, 0.717) is 0 Å². The summed E-state index contributed by atoms with van der Waals surface area (Å²) in [4.78, 5) is 16.3. The molecule has 0 bridgehead atoms. The molecule has 0 amide bonds. The molecule has 3 rings (SSSR count). The second-order valence-electron chi connectivity index (χ2n) is 5.59. The molecule has 0 saturated carbocycles. The minimum atomic E-state index is 0.741. The third kappa shape index (κ3) is 3.27. The van der Waals surface area contributed by atoms with Crippen molar-refractivity contribution in [3.8, 4) is 11.3 Å². The van der Waals surface area contributed by atoms with Gasteiger partial charge in [-0.05, 0) is 19.4 Å². The molecule has 0 atom stereocenters. The molecule has 6 nitrogen and oxygen atoms in total. The number of aromatic nitrogens is 3. The van der Waals surface area contributed by atoms with E-state index in [0.717, 1.165) is 66.9 Å². The molecular formula is C17H23N5O. The number of rotatable bonds is 4. The molecule has 3 heterocycles. The molecule has 23 heavy (non-hydrogen) atoms. The Kier molecular flexibility index (Phi) is 4.71. The van der Waals surface area contributed by atoms with Crippen LogP contribution in [0.3, 0.4) is 0 Å². The Bertz CT molecular complexity index is 683. The van der Waals surface area contributed by atoms with Gasteiger partial charge in [0.15, 0.2) is 5.82 Å². The van der Waals surface area contributed by atoms with Gasteiger partial charge in [0.1, 0.15) is 0 Å². The van der Waals surface area contributed by atoms with Crippen LogP contribution in [0.25, 0.3) is 11.3 Å². The Hall–Kier alpha value is -2.21. The van der Waals surface area contributed by atoms with Gasteiger partial charge in [-0.1, -0.05) is 6.92 Å². The van der Waals surface area contributed by atoms with Crippen LogP contribution < -0.4 is 10.2 Å². The zero-order chi connectivity index (χ0) is 16.2. The summed E-state index contributed by atoms with van der Waals surface area (Å²) in [6.45, 7) is 7.31. The number of hydrogen-bond acceptors (Lipinski definition) is 6. The van der Waals surface area contributed by atoms with Crippen molar-refractivity contribution in [2.24, 2.45) is 0 Å². The van der Waals surface area contributed by atoms with Crippen molar-refractivity contribution in [2.75, 3.05) is 43.6 Å². The van der Waals surface area contributed by atoms with Crippen molar-refractivity contribution in [3.05, 3.63) is 29.8 Å². The molecule has 6 heteroatoms. The fourth-order valence-corrected chi connectivity index (χ4v) is 2.74. The summed E-state index contributed by atoms with van der Waals surface area (Å²) < 4.78 is 5.45. The highest BCUT2D eigenvalue weighted by atomic mass is 16.5. The fourth-order valence-electron chi connectivity index (χ4n) is 2.74. The first-order valence-electron chi connectivity index (χ1n) is 8.06. The Labute approximate surface area is 136 Å². The summed E-state index contributed by atoms with van der Waals surface area (Å²) in [6, 6.07) is 2.07. The number of pyridine rings is 1. The lowest BCUT2D eigenvalue weighted by Crippen LogP contribution is -2.37.